The van der Waals surface area contributed by atoms with Crippen molar-refractivity contribution in [3.05, 3.63) is 61.4 Å². The SMILES string of the molecule is C=CC(O)Nc1cc(Nc2nccc(-c3cn(C)c4ccccc34)n2)c(OCC(F)(F)F)nc1N(C)CCN(C)C. The third-order valence-corrected chi connectivity index (χ3v) is 6.19. The Hall–Kier alpha value is -4.36. The van der Waals surface area contributed by atoms with Crippen LogP contribution in [0.2, 0.25) is 0 Å². The standard InChI is InChI=1S/C28H33F3N8O2/c1-6-24(40)33-21-15-22(26(41-17-28(29,30)31)36-25(21)38(4)14-13-37(2)3)35-27-32-12-11-20(34-27)19-16-39(5)23-10-8-7-9-18(19)23/h6-12,15-16,24,33,40H,1,13-14,17H2,2-5H3,(H,32,34,35). The number of nitrogens with one attached hydrogen (secondary N) is 2. The van der Waals surface area contributed by atoms with E-state index in [0.29, 0.717) is 24.5 Å². The van der Waals surface area contributed by atoms with E-state index in [2.05, 4.69) is 32.2 Å². The lowest BCUT2D eigenvalue weighted by atomic mass is 10.1. The van der Waals surface area contributed by atoms with Crippen LogP contribution in [-0.2, 0) is 7.05 Å². The number of aromatic nitrogens is 4. The predicted molar refractivity (Wildman–Crippen MR) is 155 cm³/mol. The summed E-state index contributed by atoms with van der Waals surface area (Å²) >= 11 is 0. The van der Waals surface area contributed by atoms with E-state index in [4.69, 9.17) is 4.74 Å². The minimum atomic E-state index is -4.59. The molecule has 1 atom stereocenters. The number of hydrogen-bond acceptors (Lipinski definition) is 9. The van der Waals surface area contributed by atoms with Crippen LogP contribution in [-0.4, -0.2) is 82.8 Å². The van der Waals surface area contributed by atoms with Gasteiger partial charge in [0.15, 0.2) is 12.4 Å². The molecule has 0 aliphatic rings. The molecule has 3 aromatic heterocycles. The highest BCUT2D eigenvalue weighted by atomic mass is 19.4. The second kappa shape index (κ2) is 12.4. The number of ether oxygens (including phenoxy) is 1. The monoisotopic (exact) mass is 570 g/mol. The Kier molecular flexibility index (Phi) is 8.98. The van der Waals surface area contributed by atoms with Crippen LogP contribution >= 0.6 is 0 Å². The van der Waals surface area contributed by atoms with Crippen molar-refractivity contribution in [2.24, 2.45) is 7.05 Å². The number of hydrogen-bond donors (Lipinski definition) is 3. The van der Waals surface area contributed by atoms with Gasteiger partial charge in [-0.1, -0.05) is 24.8 Å². The van der Waals surface area contributed by atoms with E-state index in [1.54, 1.807) is 24.2 Å². The van der Waals surface area contributed by atoms with Crippen molar-refractivity contribution in [2.75, 3.05) is 56.4 Å². The molecule has 0 amide bonds. The van der Waals surface area contributed by atoms with E-state index < -0.39 is 19.0 Å². The van der Waals surface area contributed by atoms with E-state index in [0.717, 1.165) is 16.5 Å². The number of benzene rings is 1. The summed E-state index contributed by atoms with van der Waals surface area (Å²) in [5.74, 6) is 0.103. The molecule has 0 spiro atoms. The van der Waals surface area contributed by atoms with Crippen molar-refractivity contribution in [1.82, 2.24) is 24.4 Å². The van der Waals surface area contributed by atoms with Gasteiger partial charge in [0.25, 0.3) is 0 Å². The summed E-state index contributed by atoms with van der Waals surface area (Å²) in [5.41, 5.74) is 2.92. The molecule has 10 nitrogen and oxygen atoms in total. The van der Waals surface area contributed by atoms with Gasteiger partial charge in [0.05, 0.1) is 11.4 Å². The molecule has 1 aromatic carbocycles. The van der Waals surface area contributed by atoms with Crippen LogP contribution in [0.25, 0.3) is 22.2 Å². The first-order valence-electron chi connectivity index (χ1n) is 12.8. The number of halogens is 3. The highest BCUT2D eigenvalue weighted by molar-refractivity contribution is 5.95. The molecule has 3 heterocycles. The first kappa shape index (κ1) is 29.6. The molecule has 0 aliphatic carbocycles. The quantitative estimate of drug-likeness (QED) is 0.166. The van der Waals surface area contributed by atoms with Crippen LogP contribution in [0, 0.1) is 0 Å². The largest absolute Gasteiger partial charge is 0.466 e. The number of rotatable bonds is 12. The van der Waals surface area contributed by atoms with Crippen LogP contribution in [0.4, 0.5) is 36.3 Å². The van der Waals surface area contributed by atoms with Crippen LogP contribution < -0.4 is 20.3 Å². The topological polar surface area (TPSA) is 104 Å². The maximum absolute atomic E-state index is 13.2. The van der Waals surface area contributed by atoms with Gasteiger partial charge in [0.2, 0.25) is 11.8 Å². The van der Waals surface area contributed by atoms with E-state index in [-0.39, 0.29) is 23.3 Å². The fourth-order valence-corrected chi connectivity index (χ4v) is 4.14. The van der Waals surface area contributed by atoms with Gasteiger partial charge < -0.3 is 34.8 Å². The van der Waals surface area contributed by atoms with Crippen LogP contribution in [0.15, 0.2) is 61.4 Å². The molecule has 0 fully saturated rings. The minimum Gasteiger partial charge on any atom is -0.466 e. The molecule has 0 radical (unpaired) electrons. The Balaban J connectivity index is 1.76. The van der Waals surface area contributed by atoms with Crippen molar-refractivity contribution < 1.29 is 23.0 Å². The van der Waals surface area contributed by atoms with Gasteiger partial charge in [0.1, 0.15) is 11.9 Å². The van der Waals surface area contributed by atoms with Crippen molar-refractivity contribution in [3.63, 3.8) is 0 Å². The number of aliphatic hydroxyl groups is 1. The molecule has 0 saturated carbocycles. The molecule has 4 aromatic rings. The highest BCUT2D eigenvalue weighted by Crippen LogP contribution is 2.36. The molecule has 1 unspecified atom stereocenters. The molecule has 41 heavy (non-hydrogen) atoms. The first-order valence-corrected chi connectivity index (χ1v) is 12.8. The third-order valence-electron chi connectivity index (χ3n) is 6.19. The van der Waals surface area contributed by atoms with E-state index >= 15 is 0 Å². The van der Waals surface area contributed by atoms with E-state index in [9.17, 15) is 18.3 Å². The van der Waals surface area contributed by atoms with Crippen LogP contribution in [0.1, 0.15) is 0 Å². The lowest BCUT2D eigenvalue weighted by Crippen LogP contribution is -2.30. The Morgan fingerprint density at radius 1 is 1.12 bits per heavy atom. The van der Waals surface area contributed by atoms with Gasteiger partial charge in [-0.3, -0.25) is 0 Å². The Morgan fingerprint density at radius 3 is 2.59 bits per heavy atom. The predicted octanol–water partition coefficient (Wildman–Crippen LogP) is 4.63. The average molecular weight is 571 g/mol. The third kappa shape index (κ3) is 7.44. The maximum Gasteiger partial charge on any atom is 0.422 e. The summed E-state index contributed by atoms with van der Waals surface area (Å²) < 4.78 is 46.6. The number of aliphatic hydroxyl groups excluding tert-OH is 1. The Labute approximate surface area is 236 Å². The number of alkyl halides is 3. The molecule has 13 heteroatoms. The number of fused-ring (bicyclic) bond motifs is 1. The fourth-order valence-electron chi connectivity index (χ4n) is 4.14. The second-order valence-corrected chi connectivity index (χ2v) is 9.73. The molecule has 0 saturated heterocycles. The molecule has 218 valence electrons. The molecule has 0 aliphatic heterocycles. The van der Waals surface area contributed by atoms with Crippen molar-refractivity contribution >= 4 is 34.0 Å². The Bertz CT molecular complexity index is 1510. The zero-order chi connectivity index (χ0) is 29.7. The van der Waals surface area contributed by atoms with Crippen molar-refractivity contribution in [3.8, 4) is 17.1 Å². The van der Waals surface area contributed by atoms with E-state index in [1.807, 2.05) is 61.1 Å². The van der Waals surface area contributed by atoms with Crippen LogP contribution in [0.3, 0.4) is 0 Å². The number of pyridine rings is 1. The van der Waals surface area contributed by atoms with Crippen LogP contribution in [0.5, 0.6) is 5.88 Å². The first-order chi connectivity index (χ1) is 19.4. The summed E-state index contributed by atoms with van der Waals surface area (Å²) in [7, 11) is 7.48. The van der Waals surface area contributed by atoms with Gasteiger partial charge in [-0.05, 0) is 38.4 Å². The number of anilines is 4. The molecule has 3 N–H and O–H groups in total. The lowest BCUT2D eigenvalue weighted by molar-refractivity contribution is -0.153. The zero-order valence-electron chi connectivity index (χ0n) is 23.3. The average Bonchev–Trinajstić information content (AvgIpc) is 3.27. The molecular weight excluding hydrogens is 537 g/mol. The summed E-state index contributed by atoms with van der Waals surface area (Å²) in [6.07, 6.45) is -0.940. The number of para-hydroxylation sites is 1. The number of likely N-dealkylation sites (N-methyl/N-ethyl adjacent to an activating group) is 2. The van der Waals surface area contributed by atoms with Gasteiger partial charge in [-0.25, -0.2) is 9.97 Å². The van der Waals surface area contributed by atoms with Gasteiger partial charge in [-0.2, -0.15) is 18.2 Å². The maximum atomic E-state index is 13.2. The van der Waals surface area contributed by atoms with Crippen molar-refractivity contribution in [2.45, 2.75) is 12.4 Å². The summed E-state index contributed by atoms with van der Waals surface area (Å²) in [5, 5.41) is 17.1. The molecule has 4 rings (SSSR count). The number of aryl methyl sites for hydroxylation is 1. The molecular formula is C28H33F3N8O2. The lowest BCUT2D eigenvalue weighted by Gasteiger charge is -2.26. The van der Waals surface area contributed by atoms with Gasteiger partial charge >= 0.3 is 6.18 Å². The fraction of sp³-hybridized carbons (Fsp3) is 0.321. The zero-order valence-corrected chi connectivity index (χ0v) is 23.3. The molecule has 0 bridgehead atoms. The second-order valence-electron chi connectivity index (χ2n) is 9.73. The highest BCUT2D eigenvalue weighted by Gasteiger charge is 2.30. The van der Waals surface area contributed by atoms with Gasteiger partial charge in [0, 0.05) is 56.0 Å². The normalized spacial score (nSPS) is 12.4. The van der Waals surface area contributed by atoms with E-state index in [1.165, 1.54) is 12.1 Å². The smallest absolute Gasteiger partial charge is 0.422 e. The number of nitrogens with zero attached hydrogens (tertiary/aromatic N) is 6. The summed E-state index contributed by atoms with van der Waals surface area (Å²) in [6, 6.07) is 11.1. The Morgan fingerprint density at radius 2 is 1.88 bits per heavy atom. The van der Waals surface area contributed by atoms with Crippen molar-refractivity contribution in [1.29, 1.82) is 0 Å². The summed E-state index contributed by atoms with van der Waals surface area (Å²) in [6.45, 7) is 3.18. The summed E-state index contributed by atoms with van der Waals surface area (Å²) in [4.78, 5) is 17.0. The minimum absolute atomic E-state index is 0.0767. The van der Waals surface area contributed by atoms with Gasteiger partial charge in [-0.15, -0.1) is 0 Å².